The zero-order valence-electron chi connectivity index (χ0n) is 14.1. The van der Waals surface area contributed by atoms with E-state index in [0.717, 1.165) is 12.8 Å². The maximum Gasteiger partial charge on any atom is 0.322 e. The summed E-state index contributed by atoms with van der Waals surface area (Å²) in [7, 11) is 1.54. The molecule has 0 spiro atoms. The highest BCUT2D eigenvalue weighted by Crippen LogP contribution is 2.24. The first-order valence-electron chi connectivity index (χ1n) is 8.15. The number of hydrogen-bond acceptors (Lipinski definition) is 4. The number of amides is 2. The zero-order valence-corrected chi connectivity index (χ0v) is 14.1. The summed E-state index contributed by atoms with van der Waals surface area (Å²) in [4.78, 5) is 14.1. The summed E-state index contributed by atoms with van der Waals surface area (Å²) in [5.41, 5.74) is 0.370. The van der Waals surface area contributed by atoms with Gasteiger partial charge in [-0.2, -0.15) is 0 Å². The predicted octanol–water partition coefficient (Wildman–Crippen LogP) is 2.48. The van der Waals surface area contributed by atoms with Crippen LogP contribution in [0.15, 0.2) is 18.2 Å². The third-order valence-electron chi connectivity index (χ3n) is 4.23. The lowest BCUT2D eigenvalue weighted by Crippen LogP contribution is -2.48. The molecule has 2 N–H and O–H groups in total. The summed E-state index contributed by atoms with van der Waals surface area (Å²) in [6, 6.07) is 4.12. The molecule has 1 fully saturated rings. The van der Waals surface area contributed by atoms with Gasteiger partial charge in [0.25, 0.3) is 0 Å². The first kappa shape index (κ1) is 18.5. The Hall–Kier alpha value is -1.86. The van der Waals surface area contributed by atoms with Gasteiger partial charge in [0.05, 0.1) is 6.61 Å². The van der Waals surface area contributed by atoms with Crippen LogP contribution in [0.1, 0.15) is 19.8 Å². The Labute approximate surface area is 141 Å². The van der Waals surface area contributed by atoms with Gasteiger partial charge in [-0.25, -0.2) is 9.18 Å². The standard InChI is InChI=1S/C17H25FN2O4/c1-12-3-4-13(11-21)10-20(12)17(22)19-14-5-6-16(15(18)9-14)24-8-7-23-2/h5-6,9,12-13,21H,3-4,7-8,10-11H2,1-2H3,(H,19,22)/t12-,13-/m0/s1. The fourth-order valence-corrected chi connectivity index (χ4v) is 2.74. The first-order chi connectivity index (χ1) is 11.5. The number of aliphatic hydroxyl groups excluding tert-OH is 1. The number of piperidine rings is 1. The molecule has 1 aromatic rings. The van der Waals surface area contributed by atoms with Gasteiger partial charge in [-0.1, -0.05) is 0 Å². The molecular weight excluding hydrogens is 315 g/mol. The summed E-state index contributed by atoms with van der Waals surface area (Å²) in [6.07, 6.45) is 1.75. The predicted molar refractivity (Wildman–Crippen MR) is 88.8 cm³/mol. The number of nitrogens with zero attached hydrogens (tertiary/aromatic N) is 1. The average molecular weight is 340 g/mol. The van der Waals surface area contributed by atoms with E-state index in [1.165, 1.54) is 12.1 Å². The van der Waals surface area contributed by atoms with E-state index in [1.807, 2.05) is 6.92 Å². The molecule has 0 saturated carbocycles. The van der Waals surface area contributed by atoms with Crippen molar-refractivity contribution in [1.82, 2.24) is 4.90 Å². The highest BCUT2D eigenvalue weighted by atomic mass is 19.1. The minimum atomic E-state index is -0.538. The van der Waals surface area contributed by atoms with E-state index in [2.05, 4.69) is 5.32 Å². The van der Waals surface area contributed by atoms with Gasteiger partial charge in [0.1, 0.15) is 6.61 Å². The second-order valence-electron chi connectivity index (χ2n) is 6.04. The van der Waals surface area contributed by atoms with E-state index < -0.39 is 5.82 Å². The van der Waals surface area contributed by atoms with Gasteiger partial charge >= 0.3 is 6.03 Å². The van der Waals surface area contributed by atoms with Crippen LogP contribution in [0.4, 0.5) is 14.9 Å². The number of methoxy groups -OCH3 is 1. The molecule has 1 aliphatic heterocycles. The lowest BCUT2D eigenvalue weighted by molar-refractivity contribution is 0.107. The summed E-state index contributed by atoms with van der Waals surface area (Å²) >= 11 is 0. The van der Waals surface area contributed by atoms with Crippen LogP contribution in [-0.2, 0) is 4.74 Å². The van der Waals surface area contributed by atoms with E-state index in [9.17, 15) is 14.3 Å². The van der Waals surface area contributed by atoms with Crippen molar-refractivity contribution in [3.63, 3.8) is 0 Å². The number of hydrogen-bond donors (Lipinski definition) is 2. The molecule has 2 atom stereocenters. The summed E-state index contributed by atoms with van der Waals surface area (Å²) in [5, 5.41) is 12.0. The molecular formula is C17H25FN2O4. The van der Waals surface area contributed by atoms with Crippen LogP contribution >= 0.6 is 0 Å². The molecule has 2 amide bonds. The highest BCUT2D eigenvalue weighted by Gasteiger charge is 2.28. The SMILES string of the molecule is COCCOc1ccc(NC(=O)N2C[C@@H](CO)CC[C@@H]2C)cc1F. The number of carbonyl (C=O) groups is 1. The molecule has 2 rings (SSSR count). The fourth-order valence-electron chi connectivity index (χ4n) is 2.74. The van der Waals surface area contributed by atoms with E-state index in [4.69, 9.17) is 9.47 Å². The molecule has 0 aromatic heterocycles. The molecule has 1 aliphatic rings. The van der Waals surface area contributed by atoms with Crippen LogP contribution in [0.3, 0.4) is 0 Å². The molecule has 0 bridgehead atoms. The first-order valence-corrected chi connectivity index (χ1v) is 8.15. The Morgan fingerprint density at radius 3 is 2.88 bits per heavy atom. The van der Waals surface area contributed by atoms with Crippen LogP contribution in [-0.4, -0.2) is 55.6 Å². The van der Waals surface area contributed by atoms with Gasteiger partial charge in [-0.05, 0) is 37.8 Å². The van der Waals surface area contributed by atoms with Crippen LogP contribution in [0.2, 0.25) is 0 Å². The van der Waals surface area contributed by atoms with Crippen molar-refractivity contribution in [1.29, 1.82) is 0 Å². The van der Waals surface area contributed by atoms with Gasteiger partial charge in [0.15, 0.2) is 11.6 Å². The molecule has 7 heteroatoms. The van der Waals surface area contributed by atoms with Crippen molar-refractivity contribution < 1.29 is 23.8 Å². The number of ether oxygens (including phenoxy) is 2. The Kier molecular flexibility index (Phi) is 6.81. The van der Waals surface area contributed by atoms with Gasteiger partial charge in [0.2, 0.25) is 0 Å². The Bertz CT molecular complexity index is 555. The van der Waals surface area contributed by atoms with Gasteiger partial charge in [-0.15, -0.1) is 0 Å². The van der Waals surface area contributed by atoms with Crippen molar-refractivity contribution in [3.05, 3.63) is 24.0 Å². The number of anilines is 1. The maximum absolute atomic E-state index is 14.0. The van der Waals surface area contributed by atoms with E-state index >= 15 is 0 Å². The lowest BCUT2D eigenvalue weighted by Gasteiger charge is -2.37. The molecule has 6 nitrogen and oxygen atoms in total. The highest BCUT2D eigenvalue weighted by molar-refractivity contribution is 5.89. The minimum absolute atomic E-state index is 0.0681. The van der Waals surface area contributed by atoms with Crippen molar-refractivity contribution >= 4 is 11.7 Å². The Balaban J connectivity index is 1.97. The molecule has 134 valence electrons. The third kappa shape index (κ3) is 4.82. The quantitative estimate of drug-likeness (QED) is 0.781. The van der Waals surface area contributed by atoms with Crippen LogP contribution in [0.5, 0.6) is 5.75 Å². The van der Waals surface area contributed by atoms with E-state index in [0.29, 0.717) is 18.8 Å². The number of aliphatic hydroxyl groups is 1. The molecule has 1 heterocycles. The number of halogens is 1. The molecule has 1 aromatic carbocycles. The molecule has 1 saturated heterocycles. The van der Waals surface area contributed by atoms with Crippen LogP contribution in [0.25, 0.3) is 0 Å². The monoisotopic (exact) mass is 340 g/mol. The van der Waals surface area contributed by atoms with Crippen LogP contribution < -0.4 is 10.1 Å². The van der Waals surface area contributed by atoms with Gasteiger partial charge in [-0.3, -0.25) is 0 Å². The fraction of sp³-hybridized carbons (Fsp3) is 0.588. The minimum Gasteiger partial charge on any atom is -0.488 e. The molecule has 0 unspecified atom stereocenters. The van der Waals surface area contributed by atoms with Crippen molar-refractivity contribution in [3.8, 4) is 5.75 Å². The largest absolute Gasteiger partial charge is 0.488 e. The van der Waals surface area contributed by atoms with Crippen molar-refractivity contribution in [2.75, 3.05) is 38.8 Å². The van der Waals surface area contributed by atoms with E-state index in [-0.39, 0.29) is 37.0 Å². The topological polar surface area (TPSA) is 71.0 Å². The second kappa shape index (κ2) is 8.84. The Morgan fingerprint density at radius 2 is 2.21 bits per heavy atom. The lowest BCUT2D eigenvalue weighted by atomic mass is 9.94. The summed E-state index contributed by atoms with van der Waals surface area (Å²) in [5.74, 6) is -0.319. The maximum atomic E-state index is 14.0. The number of nitrogens with one attached hydrogen (secondary N) is 1. The Morgan fingerprint density at radius 1 is 1.42 bits per heavy atom. The summed E-state index contributed by atoms with van der Waals surface area (Å²) in [6.45, 7) is 3.17. The van der Waals surface area contributed by atoms with Gasteiger partial charge in [0, 0.05) is 38.1 Å². The number of likely N-dealkylation sites (tertiary alicyclic amines) is 1. The zero-order chi connectivity index (χ0) is 17.5. The molecule has 24 heavy (non-hydrogen) atoms. The molecule has 0 radical (unpaired) electrons. The number of urea groups is 1. The third-order valence-corrected chi connectivity index (χ3v) is 4.23. The summed E-state index contributed by atoms with van der Waals surface area (Å²) < 4.78 is 24.1. The van der Waals surface area contributed by atoms with Crippen molar-refractivity contribution in [2.24, 2.45) is 5.92 Å². The van der Waals surface area contributed by atoms with Crippen LogP contribution in [0, 0.1) is 11.7 Å². The normalized spacial score (nSPS) is 20.8. The number of rotatable bonds is 6. The average Bonchev–Trinajstić information content (AvgIpc) is 2.57. The molecule has 0 aliphatic carbocycles. The van der Waals surface area contributed by atoms with E-state index in [1.54, 1.807) is 18.1 Å². The number of benzene rings is 1. The number of carbonyl (C=O) groups excluding carboxylic acids is 1. The second-order valence-corrected chi connectivity index (χ2v) is 6.04. The van der Waals surface area contributed by atoms with Crippen molar-refractivity contribution in [2.45, 2.75) is 25.8 Å². The van der Waals surface area contributed by atoms with Gasteiger partial charge < -0.3 is 24.8 Å². The smallest absolute Gasteiger partial charge is 0.322 e.